The van der Waals surface area contributed by atoms with E-state index in [1.54, 1.807) is 0 Å². The largest absolute Gasteiger partial charge is 0.337 e. The molecule has 3 rings (SSSR count). The lowest BCUT2D eigenvalue weighted by atomic mass is 9.92. The predicted molar refractivity (Wildman–Crippen MR) is 110 cm³/mol. The highest BCUT2D eigenvalue weighted by atomic mass is 35.5. The minimum atomic E-state index is 0. The Morgan fingerprint density at radius 2 is 2.00 bits per heavy atom. The van der Waals surface area contributed by atoms with Gasteiger partial charge in [0.15, 0.2) is 0 Å². The molecule has 5 nitrogen and oxygen atoms in total. The zero-order chi connectivity index (χ0) is 17.8. The minimum Gasteiger partial charge on any atom is -0.337 e. The van der Waals surface area contributed by atoms with Crippen molar-refractivity contribution in [3.63, 3.8) is 0 Å². The highest BCUT2D eigenvalue weighted by Gasteiger charge is 2.25. The molecule has 2 atom stereocenters. The molecule has 1 aromatic rings. The summed E-state index contributed by atoms with van der Waals surface area (Å²) in [6, 6.07) is 5.97. The van der Waals surface area contributed by atoms with Crippen LogP contribution in [0, 0.1) is 12.8 Å². The van der Waals surface area contributed by atoms with Crippen molar-refractivity contribution in [2.75, 3.05) is 36.5 Å². The normalized spacial score (nSPS) is 23.1. The summed E-state index contributed by atoms with van der Waals surface area (Å²) >= 11 is 1.89. The van der Waals surface area contributed by atoms with Crippen LogP contribution in [-0.2, 0) is 4.79 Å². The van der Waals surface area contributed by atoms with Gasteiger partial charge in [0.1, 0.15) is 0 Å². The molecule has 2 saturated heterocycles. The van der Waals surface area contributed by atoms with Crippen LogP contribution in [0.15, 0.2) is 18.2 Å². The van der Waals surface area contributed by atoms with E-state index in [4.69, 9.17) is 0 Å². The molecule has 26 heavy (non-hydrogen) atoms. The number of carbonyl (C=O) groups excluding carboxylic acids is 2. The second kappa shape index (κ2) is 9.62. The van der Waals surface area contributed by atoms with Gasteiger partial charge in [0.2, 0.25) is 5.91 Å². The Morgan fingerprint density at radius 3 is 2.65 bits per heavy atom. The summed E-state index contributed by atoms with van der Waals surface area (Å²) in [7, 11) is 0. The molecular formula is C19H28ClN3O2S. The van der Waals surface area contributed by atoms with Gasteiger partial charge in [-0.3, -0.25) is 9.59 Å². The molecule has 0 aliphatic carbocycles. The Hall–Kier alpha value is -1.24. The third-order valence-electron chi connectivity index (χ3n) is 5.02. The summed E-state index contributed by atoms with van der Waals surface area (Å²) in [5.41, 5.74) is 2.45. The molecule has 2 heterocycles. The van der Waals surface area contributed by atoms with Gasteiger partial charge in [-0.1, -0.05) is 0 Å². The van der Waals surface area contributed by atoms with E-state index in [0.29, 0.717) is 11.6 Å². The smallest absolute Gasteiger partial charge is 0.253 e. The van der Waals surface area contributed by atoms with Crippen LogP contribution in [-0.4, -0.2) is 53.9 Å². The number of hydrogen-bond donors (Lipinski definition) is 2. The maximum absolute atomic E-state index is 12.6. The standard InChI is InChI=1S/C19H27N3O2S.ClH/c1-13-11-16(19(24)22-7-9-25-10-8-22)3-4-17(13)21-18(23)15-5-6-20-14(2)12-15;/h3-4,11,14-15,20H,5-10,12H2,1-2H3,(H,21,23);1H/t14-,15-;/m0./s1. The summed E-state index contributed by atoms with van der Waals surface area (Å²) < 4.78 is 0. The summed E-state index contributed by atoms with van der Waals surface area (Å²) in [5.74, 6) is 2.25. The lowest BCUT2D eigenvalue weighted by Crippen LogP contribution is -2.40. The van der Waals surface area contributed by atoms with Crippen LogP contribution >= 0.6 is 24.2 Å². The zero-order valence-corrected chi connectivity index (χ0v) is 17.0. The summed E-state index contributed by atoms with van der Waals surface area (Å²) in [6.07, 6.45) is 1.74. The fourth-order valence-electron chi connectivity index (χ4n) is 3.49. The van der Waals surface area contributed by atoms with Gasteiger partial charge in [-0.15, -0.1) is 12.4 Å². The van der Waals surface area contributed by atoms with E-state index in [1.165, 1.54) is 0 Å². The molecule has 144 valence electrons. The van der Waals surface area contributed by atoms with Crippen molar-refractivity contribution in [2.24, 2.45) is 5.92 Å². The van der Waals surface area contributed by atoms with Crippen LogP contribution in [0.2, 0.25) is 0 Å². The number of nitrogens with zero attached hydrogens (tertiary/aromatic N) is 1. The van der Waals surface area contributed by atoms with Crippen molar-refractivity contribution >= 4 is 41.7 Å². The molecule has 2 fully saturated rings. The second-order valence-corrected chi connectivity index (χ2v) is 8.22. The molecule has 2 aliphatic rings. The van der Waals surface area contributed by atoms with Crippen molar-refractivity contribution in [1.29, 1.82) is 0 Å². The fraction of sp³-hybridized carbons (Fsp3) is 0.579. The van der Waals surface area contributed by atoms with E-state index in [2.05, 4.69) is 17.6 Å². The molecule has 0 unspecified atom stereocenters. The van der Waals surface area contributed by atoms with Crippen molar-refractivity contribution < 1.29 is 9.59 Å². The number of nitrogens with one attached hydrogen (secondary N) is 2. The Kier molecular flexibility index (Phi) is 7.80. The number of amides is 2. The molecule has 0 aromatic heterocycles. The van der Waals surface area contributed by atoms with Gasteiger partial charge in [0.05, 0.1) is 0 Å². The highest BCUT2D eigenvalue weighted by molar-refractivity contribution is 7.99. The van der Waals surface area contributed by atoms with Gasteiger partial charge in [-0.2, -0.15) is 11.8 Å². The quantitative estimate of drug-likeness (QED) is 0.823. The first-order valence-electron chi connectivity index (χ1n) is 9.06. The van der Waals surface area contributed by atoms with Crippen LogP contribution < -0.4 is 10.6 Å². The summed E-state index contributed by atoms with van der Waals surface area (Å²) in [5, 5.41) is 6.42. The first kappa shape index (κ1) is 21.1. The lowest BCUT2D eigenvalue weighted by molar-refractivity contribution is -0.120. The summed E-state index contributed by atoms with van der Waals surface area (Å²) in [6.45, 7) is 6.58. The maximum Gasteiger partial charge on any atom is 0.253 e. The Labute approximate surface area is 166 Å². The SMILES string of the molecule is Cc1cc(C(=O)N2CCSCC2)ccc1NC(=O)[C@H]1CCN[C@@H](C)C1.Cl. The fourth-order valence-corrected chi connectivity index (χ4v) is 4.39. The van der Waals surface area contributed by atoms with Crippen LogP contribution in [0.3, 0.4) is 0 Å². The molecule has 0 spiro atoms. The van der Waals surface area contributed by atoms with E-state index in [1.807, 2.05) is 41.8 Å². The monoisotopic (exact) mass is 397 g/mol. The van der Waals surface area contributed by atoms with E-state index in [9.17, 15) is 9.59 Å². The average Bonchev–Trinajstić information content (AvgIpc) is 2.63. The molecule has 0 saturated carbocycles. The maximum atomic E-state index is 12.6. The van der Waals surface area contributed by atoms with Gasteiger partial charge in [0, 0.05) is 47.8 Å². The van der Waals surface area contributed by atoms with Gasteiger partial charge < -0.3 is 15.5 Å². The van der Waals surface area contributed by atoms with Crippen LogP contribution in [0.4, 0.5) is 5.69 Å². The van der Waals surface area contributed by atoms with E-state index >= 15 is 0 Å². The number of thioether (sulfide) groups is 1. The number of anilines is 1. The number of piperidine rings is 1. The summed E-state index contributed by atoms with van der Waals surface area (Å²) in [4.78, 5) is 27.0. The van der Waals surface area contributed by atoms with Crippen molar-refractivity contribution in [3.8, 4) is 0 Å². The number of hydrogen-bond acceptors (Lipinski definition) is 4. The van der Waals surface area contributed by atoms with Crippen LogP contribution in [0.25, 0.3) is 0 Å². The molecule has 0 radical (unpaired) electrons. The average molecular weight is 398 g/mol. The Bertz CT molecular complexity index is 650. The number of benzene rings is 1. The van der Waals surface area contributed by atoms with Crippen molar-refractivity contribution in [3.05, 3.63) is 29.3 Å². The number of rotatable bonds is 3. The topological polar surface area (TPSA) is 61.4 Å². The van der Waals surface area contributed by atoms with E-state index in [-0.39, 0.29) is 30.1 Å². The van der Waals surface area contributed by atoms with Gasteiger partial charge in [0.25, 0.3) is 5.91 Å². The number of aryl methyl sites for hydroxylation is 1. The molecule has 2 aliphatic heterocycles. The lowest BCUT2D eigenvalue weighted by Gasteiger charge is -2.28. The molecule has 0 bridgehead atoms. The molecule has 2 N–H and O–H groups in total. The number of carbonyl (C=O) groups is 2. The minimum absolute atomic E-state index is 0. The second-order valence-electron chi connectivity index (χ2n) is 7.00. The van der Waals surface area contributed by atoms with Crippen LogP contribution in [0.1, 0.15) is 35.7 Å². The third-order valence-corrected chi connectivity index (χ3v) is 5.97. The first-order chi connectivity index (χ1) is 12.0. The van der Waals surface area contributed by atoms with Gasteiger partial charge >= 0.3 is 0 Å². The Balaban J connectivity index is 0.00000243. The zero-order valence-electron chi connectivity index (χ0n) is 15.4. The molecular weight excluding hydrogens is 370 g/mol. The third kappa shape index (κ3) is 5.15. The number of halogens is 1. The van der Waals surface area contributed by atoms with E-state index < -0.39 is 0 Å². The van der Waals surface area contributed by atoms with Gasteiger partial charge in [-0.05, 0) is 57.0 Å². The van der Waals surface area contributed by atoms with Crippen LogP contribution in [0.5, 0.6) is 0 Å². The van der Waals surface area contributed by atoms with Crippen molar-refractivity contribution in [2.45, 2.75) is 32.7 Å². The molecule has 1 aromatic carbocycles. The molecule has 2 amide bonds. The molecule has 7 heteroatoms. The Morgan fingerprint density at radius 1 is 1.27 bits per heavy atom. The first-order valence-corrected chi connectivity index (χ1v) is 10.2. The van der Waals surface area contributed by atoms with Gasteiger partial charge in [-0.25, -0.2) is 0 Å². The van der Waals surface area contributed by atoms with E-state index in [0.717, 1.165) is 55.2 Å². The highest BCUT2D eigenvalue weighted by Crippen LogP contribution is 2.22. The predicted octanol–water partition coefficient (Wildman–Crippen LogP) is 2.93. The van der Waals surface area contributed by atoms with Crippen molar-refractivity contribution in [1.82, 2.24) is 10.2 Å².